The van der Waals surface area contributed by atoms with Gasteiger partial charge in [-0.1, -0.05) is 32.0 Å². The van der Waals surface area contributed by atoms with Gasteiger partial charge in [-0.2, -0.15) is 17.6 Å². The highest BCUT2D eigenvalue weighted by Gasteiger charge is 2.63. The lowest BCUT2D eigenvalue weighted by Gasteiger charge is -2.31. The van der Waals surface area contributed by atoms with Gasteiger partial charge in [0.25, 0.3) is 0 Å². The van der Waals surface area contributed by atoms with E-state index in [1.54, 1.807) is 0 Å². The van der Waals surface area contributed by atoms with Gasteiger partial charge in [0.2, 0.25) is 0 Å². The highest BCUT2D eigenvalue weighted by Crippen LogP contribution is 2.54. The van der Waals surface area contributed by atoms with Crippen molar-refractivity contribution >= 4 is 23.3 Å². The van der Waals surface area contributed by atoms with Crippen LogP contribution >= 0.6 is 11.8 Å². The van der Waals surface area contributed by atoms with Crippen LogP contribution in [0.1, 0.15) is 47.4 Å². The Morgan fingerprint density at radius 3 is 2.10 bits per heavy atom. The van der Waals surface area contributed by atoms with Crippen LogP contribution in [0.15, 0.2) is 47.4 Å². The number of thioether (sulfide) groups is 1. The number of benzene rings is 2. The van der Waals surface area contributed by atoms with Crippen LogP contribution in [-0.2, 0) is 0 Å². The van der Waals surface area contributed by atoms with Crippen molar-refractivity contribution < 1.29 is 36.3 Å². The van der Waals surface area contributed by atoms with Crippen molar-refractivity contribution in [3.63, 3.8) is 0 Å². The molecule has 1 aliphatic heterocycles. The second-order valence-corrected chi connectivity index (χ2v) is 6.91. The molecule has 2 aromatic rings. The predicted molar refractivity (Wildman–Crippen MR) is 98.5 cm³/mol. The average molecular weight is 432 g/mol. The molecule has 0 amide bonds. The van der Waals surface area contributed by atoms with Crippen molar-refractivity contribution in [2.45, 2.75) is 42.9 Å². The summed E-state index contributed by atoms with van der Waals surface area (Å²) in [7, 11) is 0. The van der Waals surface area contributed by atoms with Gasteiger partial charge >= 0.3 is 11.4 Å². The average Bonchev–Trinajstić information content (AvgIpc) is 2.67. The largest absolute Gasteiger partial charge is 0.475 e. The lowest BCUT2D eigenvalue weighted by Crippen LogP contribution is -2.45. The summed E-state index contributed by atoms with van der Waals surface area (Å²) < 4.78 is 70.4. The van der Waals surface area contributed by atoms with E-state index in [1.165, 1.54) is 24.3 Å². The molecule has 0 spiro atoms. The van der Waals surface area contributed by atoms with Crippen LogP contribution in [0.5, 0.6) is 5.75 Å². The second-order valence-electron chi connectivity index (χ2n) is 5.76. The fourth-order valence-electron chi connectivity index (χ4n) is 2.42. The minimum Gasteiger partial charge on any atom is -0.426 e. The zero-order chi connectivity index (χ0) is 21.8. The van der Waals surface area contributed by atoms with Crippen LogP contribution in [0.3, 0.4) is 0 Å². The molecule has 0 aliphatic carbocycles. The van der Waals surface area contributed by atoms with Gasteiger partial charge in [0, 0.05) is 24.0 Å². The molecule has 29 heavy (non-hydrogen) atoms. The Morgan fingerprint density at radius 2 is 1.52 bits per heavy atom. The van der Waals surface area contributed by atoms with Gasteiger partial charge in [-0.05, 0) is 36.0 Å². The molecule has 0 saturated carbocycles. The van der Waals surface area contributed by atoms with Gasteiger partial charge in [-0.25, -0.2) is 4.39 Å². The molecular formula is C20H17F5O3S. The van der Waals surface area contributed by atoms with E-state index in [4.69, 9.17) is 0 Å². The Bertz CT molecular complexity index is 915. The standard InChI is InChI=1S/C18H11F5O3S.C2H6/c19-12-3-1-2-10(8-12)13(24)5-6-14(25)11-4-7-16-15(9-11)26-17(20,21)18(22,23)27-16;1-2/h1-4,7-9H,5-6H2;1-2H3. The molecule has 0 saturated heterocycles. The van der Waals surface area contributed by atoms with Crippen LogP contribution in [0.25, 0.3) is 0 Å². The van der Waals surface area contributed by atoms with Crippen molar-refractivity contribution in [3.05, 3.63) is 59.4 Å². The molecule has 0 radical (unpaired) electrons. The van der Waals surface area contributed by atoms with Crippen LogP contribution in [-0.4, -0.2) is 22.9 Å². The number of Topliss-reactive ketones (excluding diaryl/α,β-unsaturated/α-hetero) is 2. The number of halogens is 5. The van der Waals surface area contributed by atoms with Gasteiger partial charge in [-0.3, -0.25) is 9.59 Å². The number of carbonyl (C=O) groups is 2. The minimum absolute atomic E-state index is 0.0533. The molecule has 0 bridgehead atoms. The number of hydrogen-bond acceptors (Lipinski definition) is 4. The van der Waals surface area contributed by atoms with E-state index < -0.39 is 34.5 Å². The van der Waals surface area contributed by atoms with Gasteiger partial charge in [-0.15, -0.1) is 0 Å². The van der Waals surface area contributed by atoms with Crippen molar-refractivity contribution in [1.29, 1.82) is 0 Å². The summed E-state index contributed by atoms with van der Waals surface area (Å²) in [6.07, 6.45) is -5.18. The Hall–Kier alpha value is -2.42. The third kappa shape index (κ3) is 5.14. The Balaban J connectivity index is 0.00000145. The number of rotatable bonds is 5. The monoisotopic (exact) mass is 432 g/mol. The summed E-state index contributed by atoms with van der Waals surface area (Å²) >= 11 is -0.351. The molecule has 0 fully saturated rings. The number of ether oxygens (including phenoxy) is 1. The van der Waals surface area contributed by atoms with E-state index in [2.05, 4.69) is 4.74 Å². The topological polar surface area (TPSA) is 43.4 Å². The summed E-state index contributed by atoms with van der Waals surface area (Å²) in [6.45, 7) is 4.00. The van der Waals surface area contributed by atoms with Crippen LogP contribution < -0.4 is 4.74 Å². The van der Waals surface area contributed by atoms with Crippen molar-refractivity contribution in [3.8, 4) is 5.75 Å². The first-order chi connectivity index (χ1) is 13.6. The maximum Gasteiger partial charge on any atom is 0.475 e. The third-order valence-electron chi connectivity index (χ3n) is 3.81. The third-order valence-corrected chi connectivity index (χ3v) is 4.86. The summed E-state index contributed by atoms with van der Waals surface area (Å²) in [5.41, 5.74) is 0.0530. The molecular weight excluding hydrogens is 415 g/mol. The fraction of sp³-hybridized carbons (Fsp3) is 0.300. The smallest absolute Gasteiger partial charge is 0.426 e. The quantitative estimate of drug-likeness (QED) is 0.407. The number of alkyl halides is 4. The molecule has 1 heterocycles. The molecule has 156 valence electrons. The van der Waals surface area contributed by atoms with Crippen molar-refractivity contribution in [2.24, 2.45) is 0 Å². The normalized spacial score (nSPS) is 16.0. The van der Waals surface area contributed by atoms with Crippen LogP contribution in [0.2, 0.25) is 0 Å². The highest BCUT2D eigenvalue weighted by molar-refractivity contribution is 8.00. The maximum atomic E-state index is 13.3. The maximum absolute atomic E-state index is 13.3. The zero-order valence-corrected chi connectivity index (χ0v) is 16.3. The van der Waals surface area contributed by atoms with Gasteiger partial charge in [0.1, 0.15) is 11.6 Å². The van der Waals surface area contributed by atoms with Crippen LogP contribution in [0, 0.1) is 5.82 Å². The lowest BCUT2D eigenvalue weighted by atomic mass is 10.0. The summed E-state index contributed by atoms with van der Waals surface area (Å²) in [4.78, 5) is 24.0. The molecule has 0 atom stereocenters. The first kappa shape index (κ1) is 22.9. The summed E-state index contributed by atoms with van der Waals surface area (Å²) in [5.74, 6) is -2.14. The Kier molecular flexibility index (Phi) is 7.05. The summed E-state index contributed by atoms with van der Waals surface area (Å²) in [6, 6.07) is 8.21. The van der Waals surface area contributed by atoms with E-state index in [0.717, 1.165) is 18.2 Å². The van der Waals surface area contributed by atoms with Gasteiger partial charge in [0.15, 0.2) is 11.6 Å². The SMILES string of the molecule is CC.O=C(CCC(=O)c1ccc2c(c1)OC(F)(F)C(F)(F)S2)c1cccc(F)c1. The molecule has 0 unspecified atom stereocenters. The van der Waals surface area contributed by atoms with E-state index >= 15 is 0 Å². The Labute approximate surface area is 168 Å². The zero-order valence-electron chi connectivity index (χ0n) is 15.5. The number of hydrogen-bond donors (Lipinski definition) is 0. The number of fused-ring (bicyclic) bond motifs is 1. The van der Waals surface area contributed by atoms with Crippen molar-refractivity contribution in [1.82, 2.24) is 0 Å². The Morgan fingerprint density at radius 1 is 0.931 bits per heavy atom. The molecule has 3 nitrogen and oxygen atoms in total. The molecule has 0 aromatic heterocycles. The molecule has 1 aliphatic rings. The fourth-order valence-corrected chi connectivity index (χ4v) is 3.19. The van der Waals surface area contributed by atoms with Gasteiger partial charge < -0.3 is 4.74 Å². The molecule has 2 aromatic carbocycles. The summed E-state index contributed by atoms with van der Waals surface area (Å²) in [5, 5.41) is -4.43. The molecule has 0 N–H and O–H groups in total. The van der Waals surface area contributed by atoms with E-state index in [-0.39, 0.29) is 40.6 Å². The highest BCUT2D eigenvalue weighted by atomic mass is 32.2. The van der Waals surface area contributed by atoms with Gasteiger partial charge in [0.05, 0.1) is 4.90 Å². The van der Waals surface area contributed by atoms with E-state index in [1.807, 2.05) is 13.8 Å². The molecule has 3 rings (SSSR count). The van der Waals surface area contributed by atoms with E-state index in [9.17, 15) is 31.5 Å². The second kappa shape index (κ2) is 8.94. The number of carbonyl (C=O) groups excluding carboxylic acids is 2. The minimum atomic E-state index is -4.71. The van der Waals surface area contributed by atoms with Crippen LogP contribution in [0.4, 0.5) is 22.0 Å². The van der Waals surface area contributed by atoms with E-state index in [0.29, 0.717) is 0 Å². The van der Waals surface area contributed by atoms with Crippen molar-refractivity contribution in [2.75, 3.05) is 0 Å². The first-order valence-electron chi connectivity index (χ1n) is 8.69. The number of ketones is 2. The lowest BCUT2D eigenvalue weighted by molar-refractivity contribution is -0.273. The first-order valence-corrected chi connectivity index (χ1v) is 9.50. The predicted octanol–water partition coefficient (Wildman–Crippen LogP) is 6.37. The molecule has 9 heteroatoms.